The van der Waals surface area contributed by atoms with Crippen LogP contribution in [0.3, 0.4) is 0 Å². The van der Waals surface area contributed by atoms with Crippen molar-refractivity contribution in [3.63, 3.8) is 0 Å². The number of hydrogen-bond acceptors (Lipinski definition) is 5. The Kier molecular flexibility index (Phi) is 4.74. The highest BCUT2D eigenvalue weighted by Gasteiger charge is 2.47. The number of methoxy groups -OCH3 is 2. The summed E-state index contributed by atoms with van der Waals surface area (Å²) in [4.78, 5) is 21.5. The number of hydrogen-bond donors (Lipinski definition) is 0. The van der Waals surface area contributed by atoms with E-state index in [0.717, 1.165) is 25.4 Å². The van der Waals surface area contributed by atoms with Gasteiger partial charge in [-0.1, -0.05) is 12.1 Å². The number of aromatic nitrogens is 1. The lowest BCUT2D eigenvalue weighted by atomic mass is 9.89. The van der Waals surface area contributed by atoms with Crippen LogP contribution in [0.5, 0.6) is 11.5 Å². The van der Waals surface area contributed by atoms with Crippen LogP contribution in [-0.2, 0) is 0 Å². The minimum absolute atomic E-state index is 0.0276. The van der Waals surface area contributed by atoms with Gasteiger partial charge in [0, 0.05) is 37.8 Å². The van der Waals surface area contributed by atoms with Crippen LogP contribution in [0.1, 0.15) is 22.0 Å². The molecule has 1 aromatic carbocycles. The summed E-state index contributed by atoms with van der Waals surface area (Å²) in [5.74, 6) is 2.34. The van der Waals surface area contributed by atoms with E-state index in [1.54, 1.807) is 32.7 Å². The zero-order valence-corrected chi connectivity index (χ0v) is 16.0. The van der Waals surface area contributed by atoms with E-state index in [1.165, 1.54) is 5.56 Å². The summed E-state index contributed by atoms with van der Waals surface area (Å²) in [5, 5.41) is 0. The average Bonchev–Trinajstić information content (AvgIpc) is 3.24. The Morgan fingerprint density at radius 3 is 2.56 bits per heavy atom. The fraction of sp³-hybridized carbons (Fsp3) is 0.429. The highest BCUT2D eigenvalue weighted by molar-refractivity contribution is 5.97. The van der Waals surface area contributed by atoms with Gasteiger partial charge in [0.2, 0.25) is 0 Å². The second-order valence-corrected chi connectivity index (χ2v) is 7.37. The van der Waals surface area contributed by atoms with Crippen LogP contribution in [0, 0.1) is 11.8 Å². The number of rotatable bonds is 4. The van der Waals surface area contributed by atoms with Gasteiger partial charge in [0.05, 0.1) is 26.0 Å². The second-order valence-electron chi connectivity index (χ2n) is 7.37. The second kappa shape index (κ2) is 7.19. The summed E-state index contributed by atoms with van der Waals surface area (Å²) in [6, 6.07) is 10.4. The van der Waals surface area contributed by atoms with Crippen molar-refractivity contribution in [2.45, 2.75) is 6.04 Å². The molecule has 142 valence electrons. The Balaban J connectivity index is 1.54. The number of ether oxygens (including phenoxy) is 2. The Labute approximate surface area is 159 Å². The first-order valence-corrected chi connectivity index (χ1v) is 9.24. The first-order chi connectivity index (χ1) is 13.1. The molecule has 3 heterocycles. The van der Waals surface area contributed by atoms with E-state index in [-0.39, 0.29) is 5.91 Å². The van der Waals surface area contributed by atoms with Gasteiger partial charge in [0.25, 0.3) is 5.91 Å². The van der Waals surface area contributed by atoms with Gasteiger partial charge in [-0.2, -0.15) is 0 Å². The van der Waals surface area contributed by atoms with Crippen LogP contribution in [-0.4, -0.2) is 61.6 Å². The molecule has 1 aromatic heterocycles. The molecule has 0 aliphatic carbocycles. The van der Waals surface area contributed by atoms with E-state index >= 15 is 0 Å². The molecule has 6 heteroatoms. The number of amides is 1. The van der Waals surface area contributed by atoms with Crippen molar-refractivity contribution >= 4 is 5.91 Å². The Morgan fingerprint density at radius 1 is 1.07 bits per heavy atom. The van der Waals surface area contributed by atoms with Gasteiger partial charge in [-0.3, -0.25) is 14.7 Å². The summed E-state index contributed by atoms with van der Waals surface area (Å²) in [6.45, 7) is 2.54. The van der Waals surface area contributed by atoms with Crippen molar-refractivity contribution in [1.29, 1.82) is 0 Å². The Bertz CT molecular complexity index is 824. The van der Waals surface area contributed by atoms with Crippen LogP contribution in [0.2, 0.25) is 0 Å². The van der Waals surface area contributed by atoms with Crippen molar-refractivity contribution in [2.75, 3.05) is 40.9 Å². The third-order valence-corrected chi connectivity index (χ3v) is 5.87. The number of likely N-dealkylation sites (tertiary alicyclic amines) is 2. The van der Waals surface area contributed by atoms with Crippen LogP contribution in [0.4, 0.5) is 0 Å². The van der Waals surface area contributed by atoms with Crippen molar-refractivity contribution in [2.24, 2.45) is 11.8 Å². The lowest BCUT2D eigenvalue weighted by Gasteiger charge is -2.27. The van der Waals surface area contributed by atoms with Crippen molar-refractivity contribution in [1.82, 2.24) is 14.8 Å². The Hall–Kier alpha value is -2.60. The molecule has 0 unspecified atom stereocenters. The minimum atomic E-state index is 0.0276. The zero-order valence-electron chi connectivity index (χ0n) is 16.0. The van der Waals surface area contributed by atoms with E-state index in [0.29, 0.717) is 29.2 Å². The number of nitrogens with zero attached hydrogens (tertiary/aromatic N) is 3. The fourth-order valence-corrected chi connectivity index (χ4v) is 4.62. The fourth-order valence-electron chi connectivity index (χ4n) is 4.62. The SMILES string of the molecule is COc1ccc([C@@H]2[C@@H]3CN(C(=O)c4ccncc4OC)C[C@@H]3CN2C)cc1. The van der Waals surface area contributed by atoms with Crippen molar-refractivity contribution < 1.29 is 14.3 Å². The molecule has 1 amide bonds. The van der Waals surface area contributed by atoms with Gasteiger partial charge >= 0.3 is 0 Å². The average molecular weight is 367 g/mol. The lowest BCUT2D eigenvalue weighted by molar-refractivity contribution is 0.0764. The molecule has 0 N–H and O–H groups in total. The molecule has 0 spiro atoms. The monoisotopic (exact) mass is 367 g/mol. The summed E-state index contributed by atoms with van der Waals surface area (Å²) in [7, 11) is 5.42. The summed E-state index contributed by atoms with van der Waals surface area (Å²) < 4.78 is 10.6. The van der Waals surface area contributed by atoms with Gasteiger partial charge < -0.3 is 14.4 Å². The van der Waals surface area contributed by atoms with Crippen molar-refractivity contribution in [3.05, 3.63) is 53.9 Å². The normalized spacial score (nSPS) is 24.7. The molecule has 0 saturated carbocycles. The molecule has 2 saturated heterocycles. The van der Waals surface area contributed by atoms with Crippen LogP contribution in [0.25, 0.3) is 0 Å². The number of carbonyl (C=O) groups is 1. The van der Waals surface area contributed by atoms with Crippen molar-refractivity contribution in [3.8, 4) is 11.5 Å². The van der Waals surface area contributed by atoms with Gasteiger partial charge in [0.15, 0.2) is 0 Å². The molecule has 2 aromatic rings. The molecular formula is C21H25N3O3. The maximum atomic E-state index is 13.1. The summed E-state index contributed by atoms with van der Waals surface area (Å²) in [6.07, 6.45) is 3.23. The third kappa shape index (κ3) is 3.14. The molecule has 2 fully saturated rings. The molecule has 0 radical (unpaired) electrons. The maximum absolute atomic E-state index is 13.1. The van der Waals surface area contributed by atoms with E-state index < -0.39 is 0 Å². The topological polar surface area (TPSA) is 54.9 Å². The molecule has 2 aliphatic rings. The van der Waals surface area contributed by atoms with E-state index in [1.807, 2.05) is 17.0 Å². The minimum Gasteiger partial charge on any atom is -0.497 e. The van der Waals surface area contributed by atoms with Crippen LogP contribution >= 0.6 is 0 Å². The van der Waals surface area contributed by atoms with Gasteiger partial charge in [-0.25, -0.2) is 0 Å². The Morgan fingerprint density at radius 2 is 1.85 bits per heavy atom. The number of pyridine rings is 1. The molecule has 4 rings (SSSR count). The number of carbonyl (C=O) groups excluding carboxylic acids is 1. The smallest absolute Gasteiger partial charge is 0.257 e. The first kappa shape index (κ1) is 17.8. The highest BCUT2D eigenvalue weighted by Crippen LogP contribution is 2.44. The predicted octanol–water partition coefficient (Wildman–Crippen LogP) is 2.47. The zero-order chi connectivity index (χ0) is 19.0. The molecule has 2 aliphatic heterocycles. The van der Waals surface area contributed by atoms with E-state index in [2.05, 4.69) is 29.1 Å². The summed E-state index contributed by atoms with van der Waals surface area (Å²) >= 11 is 0. The standard InChI is InChI=1S/C21H25N3O3/c1-23-11-15-12-24(21(25)17-8-9-22-10-19(17)27-3)13-18(15)20(23)14-4-6-16(26-2)7-5-14/h4-10,15,18,20H,11-13H2,1-3H3/t15-,18+,20+/m0/s1. The molecule has 6 nitrogen and oxygen atoms in total. The quantitative estimate of drug-likeness (QED) is 0.831. The highest BCUT2D eigenvalue weighted by atomic mass is 16.5. The third-order valence-electron chi connectivity index (χ3n) is 5.87. The predicted molar refractivity (Wildman–Crippen MR) is 102 cm³/mol. The summed E-state index contributed by atoms with van der Waals surface area (Å²) in [5.41, 5.74) is 1.86. The van der Waals surface area contributed by atoms with Crippen LogP contribution in [0.15, 0.2) is 42.7 Å². The van der Waals surface area contributed by atoms with E-state index in [4.69, 9.17) is 9.47 Å². The lowest BCUT2D eigenvalue weighted by Crippen LogP contribution is -2.33. The molecule has 27 heavy (non-hydrogen) atoms. The largest absolute Gasteiger partial charge is 0.497 e. The maximum Gasteiger partial charge on any atom is 0.257 e. The molecule has 0 bridgehead atoms. The van der Waals surface area contributed by atoms with Gasteiger partial charge in [-0.05, 0) is 36.7 Å². The first-order valence-electron chi connectivity index (χ1n) is 9.24. The number of benzene rings is 1. The molecular weight excluding hydrogens is 342 g/mol. The molecule has 3 atom stereocenters. The number of fused-ring (bicyclic) bond motifs is 1. The van der Waals surface area contributed by atoms with E-state index in [9.17, 15) is 4.79 Å². The van der Waals surface area contributed by atoms with Gasteiger partial charge in [0.1, 0.15) is 11.5 Å². The van der Waals surface area contributed by atoms with Gasteiger partial charge in [-0.15, -0.1) is 0 Å². The van der Waals surface area contributed by atoms with Crippen LogP contribution < -0.4 is 9.47 Å².